The summed E-state index contributed by atoms with van der Waals surface area (Å²) in [6.45, 7) is 8.55. The molecule has 0 spiro atoms. The molecule has 1 atom stereocenters. The zero-order chi connectivity index (χ0) is 16.8. The van der Waals surface area contributed by atoms with E-state index in [1.807, 2.05) is 5.01 Å². The van der Waals surface area contributed by atoms with E-state index in [1.165, 1.54) is 0 Å². The number of unbranched alkanes of at least 4 members (excludes halogenated alkanes) is 1. The SMILES string of the molecule is CCCCNC(=O)NN1CCc2n[nH]c(C(N)CC(C)C)c2C1. The normalized spacial score (nSPS) is 16.2. The van der Waals surface area contributed by atoms with Gasteiger partial charge in [-0.05, 0) is 18.8 Å². The Hall–Kier alpha value is -1.60. The number of rotatable bonds is 7. The first-order chi connectivity index (χ1) is 11.0. The van der Waals surface area contributed by atoms with Crippen LogP contribution < -0.4 is 16.5 Å². The molecular weight excluding hydrogens is 292 g/mol. The maximum absolute atomic E-state index is 11.9. The smallest absolute Gasteiger partial charge is 0.329 e. The second-order valence-corrected chi connectivity index (χ2v) is 6.69. The number of hydrogen-bond donors (Lipinski definition) is 4. The van der Waals surface area contributed by atoms with Gasteiger partial charge in [0.05, 0.1) is 11.4 Å². The van der Waals surface area contributed by atoms with E-state index in [0.717, 1.165) is 49.2 Å². The van der Waals surface area contributed by atoms with Crippen molar-refractivity contribution < 1.29 is 4.79 Å². The van der Waals surface area contributed by atoms with E-state index in [4.69, 9.17) is 5.73 Å². The summed E-state index contributed by atoms with van der Waals surface area (Å²) in [6, 6.07) is -0.178. The number of amides is 2. The lowest BCUT2D eigenvalue weighted by molar-refractivity contribution is 0.164. The Morgan fingerprint density at radius 3 is 2.96 bits per heavy atom. The highest BCUT2D eigenvalue weighted by Gasteiger charge is 2.25. The highest BCUT2D eigenvalue weighted by molar-refractivity contribution is 5.73. The van der Waals surface area contributed by atoms with Gasteiger partial charge in [-0.1, -0.05) is 27.2 Å². The van der Waals surface area contributed by atoms with Crippen LogP contribution >= 0.6 is 0 Å². The van der Waals surface area contributed by atoms with E-state index in [9.17, 15) is 4.79 Å². The highest BCUT2D eigenvalue weighted by Crippen LogP contribution is 2.26. The molecule has 2 amide bonds. The fraction of sp³-hybridized carbons (Fsp3) is 0.750. The lowest BCUT2D eigenvalue weighted by Crippen LogP contribution is -2.49. The van der Waals surface area contributed by atoms with Crippen molar-refractivity contribution in [2.75, 3.05) is 13.1 Å². The predicted molar refractivity (Wildman–Crippen MR) is 90.5 cm³/mol. The third-order valence-electron chi connectivity index (χ3n) is 4.12. The van der Waals surface area contributed by atoms with Crippen LogP contribution in [0.15, 0.2) is 0 Å². The minimum atomic E-state index is -0.140. The van der Waals surface area contributed by atoms with Crippen molar-refractivity contribution in [3.63, 3.8) is 0 Å². The average molecular weight is 322 g/mol. The molecule has 2 heterocycles. The summed E-state index contributed by atoms with van der Waals surface area (Å²) in [5.41, 5.74) is 12.4. The molecule has 2 rings (SSSR count). The van der Waals surface area contributed by atoms with Crippen molar-refractivity contribution in [2.24, 2.45) is 11.7 Å². The minimum Gasteiger partial charge on any atom is -0.337 e. The lowest BCUT2D eigenvalue weighted by atomic mass is 9.97. The fourth-order valence-electron chi connectivity index (χ4n) is 2.90. The number of nitrogens with one attached hydrogen (secondary N) is 3. The van der Waals surface area contributed by atoms with Crippen LogP contribution in [0, 0.1) is 5.92 Å². The zero-order valence-corrected chi connectivity index (χ0v) is 14.5. The molecular formula is C16H30N6O. The summed E-state index contributed by atoms with van der Waals surface area (Å²) < 4.78 is 0. The van der Waals surface area contributed by atoms with Gasteiger partial charge in [0.2, 0.25) is 0 Å². The Morgan fingerprint density at radius 2 is 2.26 bits per heavy atom. The molecule has 1 unspecified atom stereocenters. The van der Waals surface area contributed by atoms with Crippen LogP contribution in [0.3, 0.4) is 0 Å². The average Bonchev–Trinajstić information content (AvgIpc) is 2.90. The predicted octanol–water partition coefficient (Wildman–Crippen LogP) is 1.83. The number of nitrogens with two attached hydrogens (primary N) is 1. The fourth-order valence-corrected chi connectivity index (χ4v) is 2.90. The molecule has 0 radical (unpaired) electrons. The number of aromatic amines is 1. The molecule has 1 aliphatic rings. The van der Waals surface area contributed by atoms with Crippen LogP contribution in [-0.2, 0) is 13.0 Å². The summed E-state index contributed by atoms with van der Waals surface area (Å²) >= 11 is 0. The monoisotopic (exact) mass is 322 g/mol. The maximum Gasteiger partial charge on any atom is 0.329 e. The van der Waals surface area contributed by atoms with Crippen molar-refractivity contribution in [1.29, 1.82) is 0 Å². The molecule has 1 aromatic heterocycles. The van der Waals surface area contributed by atoms with Gasteiger partial charge in [-0.2, -0.15) is 5.10 Å². The highest BCUT2D eigenvalue weighted by atomic mass is 16.2. The molecule has 7 nitrogen and oxygen atoms in total. The van der Waals surface area contributed by atoms with Crippen LogP contribution in [0.1, 0.15) is 63.0 Å². The largest absolute Gasteiger partial charge is 0.337 e. The Balaban J connectivity index is 1.94. The molecule has 23 heavy (non-hydrogen) atoms. The van der Waals surface area contributed by atoms with Gasteiger partial charge in [-0.3, -0.25) is 10.5 Å². The second-order valence-electron chi connectivity index (χ2n) is 6.69. The number of carbonyl (C=O) groups is 1. The van der Waals surface area contributed by atoms with Crippen LogP contribution in [0.5, 0.6) is 0 Å². The third kappa shape index (κ3) is 4.94. The molecule has 7 heteroatoms. The first-order valence-electron chi connectivity index (χ1n) is 8.62. The summed E-state index contributed by atoms with van der Waals surface area (Å²) in [4.78, 5) is 11.9. The van der Waals surface area contributed by atoms with E-state index in [0.29, 0.717) is 19.0 Å². The molecule has 5 N–H and O–H groups in total. The number of hydrogen-bond acceptors (Lipinski definition) is 4. The van der Waals surface area contributed by atoms with Crippen LogP contribution in [0.25, 0.3) is 0 Å². The van der Waals surface area contributed by atoms with Gasteiger partial charge in [-0.25, -0.2) is 9.80 Å². The van der Waals surface area contributed by atoms with Gasteiger partial charge in [0.1, 0.15) is 0 Å². The number of hydrazine groups is 1. The van der Waals surface area contributed by atoms with Gasteiger partial charge < -0.3 is 11.1 Å². The van der Waals surface area contributed by atoms with Gasteiger partial charge in [0.15, 0.2) is 0 Å². The van der Waals surface area contributed by atoms with Gasteiger partial charge in [0.25, 0.3) is 0 Å². The molecule has 1 aromatic rings. The second kappa shape index (κ2) is 8.31. The summed E-state index contributed by atoms with van der Waals surface area (Å²) in [5, 5.41) is 12.3. The van der Waals surface area contributed by atoms with Crippen LogP contribution in [0.2, 0.25) is 0 Å². The molecule has 0 fully saturated rings. The third-order valence-corrected chi connectivity index (χ3v) is 4.12. The summed E-state index contributed by atoms with van der Waals surface area (Å²) in [6.07, 6.45) is 3.79. The lowest BCUT2D eigenvalue weighted by Gasteiger charge is -2.28. The van der Waals surface area contributed by atoms with Crippen LogP contribution in [0.4, 0.5) is 4.79 Å². The number of aromatic nitrogens is 2. The van der Waals surface area contributed by atoms with Gasteiger partial charge in [0, 0.05) is 37.7 Å². The Labute approximate surface area is 138 Å². The van der Waals surface area contributed by atoms with Crippen molar-refractivity contribution in [1.82, 2.24) is 25.9 Å². The number of nitrogens with zero attached hydrogens (tertiary/aromatic N) is 2. The first kappa shape index (κ1) is 17.7. The molecule has 1 aliphatic heterocycles. The van der Waals surface area contributed by atoms with Crippen molar-refractivity contribution >= 4 is 6.03 Å². The Bertz CT molecular complexity index is 513. The quantitative estimate of drug-likeness (QED) is 0.576. The molecule has 0 bridgehead atoms. The topological polar surface area (TPSA) is 99.1 Å². The minimum absolute atomic E-state index is 0.0374. The molecule has 0 aromatic carbocycles. The molecule has 0 saturated heterocycles. The maximum atomic E-state index is 11.9. The van der Waals surface area contributed by atoms with Crippen molar-refractivity contribution in [2.45, 2.75) is 59.0 Å². The van der Waals surface area contributed by atoms with E-state index in [1.54, 1.807) is 0 Å². The Morgan fingerprint density at radius 1 is 1.48 bits per heavy atom. The molecule has 0 saturated carbocycles. The van der Waals surface area contributed by atoms with E-state index >= 15 is 0 Å². The van der Waals surface area contributed by atoms with Gasteiger partial charge >= 0.3 is 6.03 Å². The van der Waals surface area contributed by atoms with Gasteiger partial charge in [-0.15, -0.1) is 0 Å². The summed E-state index contributed by atoms with van der Waals surface area (Å²) in [5.74, 6) is 0.533. The number of urea groups is 1. The molecule has 0 aliphatic carbocycles. The number of H-pyrrole nitrogens is 1. The van der Waals surface area contributed by atoms with Crippen molar-refractivity contribution in [3.05, 3.63) is 17.0 Å². The van der Waals surface area contributed by atoms with E-state index < -0.39 is 0 Å². The Kier molecular flexibility index (Phi) is 6.41. The molecule has 130 valence electrons. The first-order valence-corrected chi connectivity index (χ1v) is 8.62. The summed E-state index contributed by atoms with van der Waals surface area (Å²) in [7, 11) is 0. The van der Waals surface area contributed by atoms with Crippen molar-refractivity contribution in [3.8, 4) is 0 Å². The standard InChI is InChI=1S/C16H30N6O/c1-4-5-7-18-16(23)21-22-8-6-14-12(10-22)15(20-19-14)13(17)9-11(2)3/h11,13H,4-10,17H2,1-3H3,(H,19,20)(H2,18,21,23). The number of fused-ring (bicyclic) bond motifs is 1. The van der Waals surface area contributed by atoms with E-state index in [2.05, 4.69) is 41.7 Å². The number of carbonyl (C=O) groups excluding carboxylic acids is 1. The van der Waals surface area contributed by atoms with Crippen LogP contribution in [-0.4, -0.2) is 34.3 Å². The zero-order valence-electron chi connectivity index (χ0n) is 14.5. The van der Waals surface area contributed by atoms with E-state index in [-0.39, 0.29) is 12.1 Å².